The normalized spacial score (nSPS) is 12.2. The molecule has 0 spiro atoms. The Morgan fingerprint density at radius 1 is 1.44 bits per heavy atom. The molecule has 0 aliphatic rings. The van der Waals surface area contributed by atoms with Crippen molar-refractivity contribution < 1.29 is 14.7 Å². The fourth-order valence-electron chi connectivity index (χ4n) is 1.30. The second-order valence-corrected chi connectivity index (χ2v) is 4.36. The van der Waals surface area contributed by atoms with Crippen LogP contribution in [-0.2, 0) is 9.59 Å². The van der Waals surface area contributed by atoms with Crippen molar-refractivity contribution >= 4 is 29.2 Å². The number of carboxylic acid groups (broad SMARTS) is 1. The van der Waals surface area contributed by atoms with Gasteiger partial charge in [0.25, 0.3) is 0 Å². The summed E-state index contributed by atoms with van der Waals surface area (Å²) in [5.41, 5.74) is 0.514. The minimum atomic E-state index is -0.969. The number of carbonyl (C=O) groups is 2. The van der Waals surface area contributed by atoms with Gasteiger partial charge in [-0.15, -0.1) is 0 Å². The van der Waals surface area contributed by atoms with Crippen molar-refractivity contribution in [2.45, 2.75) is 13.0 Å². The van der Waals surface area contributed by atoms with Crippen molar-refractivity contribution in [3.05, 3.63) is 29.3 Å². The van der Waals surface area contributed by atoms with Crippen molar-refractivity contribution in [1.82, 2.24) is 4.90 Å². The van der Waals surface area contributed by atoms with Crippen molar-refractivity contribution in [3.8, 4) is 0 Å². The summed E-state index contributed by atoms with van der Waals surface area (Å²) in [6.07, 6.45) is 0. The molecule has 0 radical (unpaired) electrons. The lowest BCUT2D eigenvalue weighted by atomic mass is 10.3. The van der Waals surface area contributed by atoms with Crippen LogP contribution >= 0.6 is 11.6 Å². The van der Waals surface area contributed by atoms with Gasteiger partial charge in [0.15, 0.2) is 0 Å². The second-order valence-electron chi connectivity index (χ2n) is 3.96. The number of carbonyl (C=O) groups excluding carboxylic acids is 1. The van der Waals surface area contributed by atoms with Crippen LogP contribution in [0, 0.1) is 0 Å². The SMILES string of the molecule is CC(C(=O)O)N(C)CC(=O)Nc1ccccc1Cl. The molecule has 1 atom stereocenters. The highest BCUT2D eigenvalue weighted by Crippen LogP contribution is 2.20. The molecule has 1 aromatic rings. The number of likely N-dealkylation sites (N-methyl/N-ethyl adjacent to an activating group) is 1. The Morgan fingerprint density at radius 3 is 2.61 bits per heavy atom. The number of amides is 1. The van der Waals surface area contributed by atoms with Gasteiger partial charge in [-0.2, -0.15) is 0 Å². The molecule has 0 heterocycles. The third kappa shape index (κ3) is 4.01. The number of anilines is 1. The molecule has 1 rings (SSSR count). The molecule has 98 valence electrons. The molecule has 0 saturated carbocycles. The van der Waals surface area contributed by atoms with Gasteiger partial charge in [0.1, 0.15) is 6.04 Å². The molecular formula is C12H15ClN2O3. The lowest BCUT2D eigenvalue weighted by molar-refractivity contribution is -0.142. The molecule has 1 aromatic carbocycles. The van der Waals surface area contributed by atoms with Crippen LogP contribution in [-0.4, -0.2) is 41.5 Å². The molecule has 0 saturated heterocycles. The van der Waals surface area contributed by atoms with Gasteiger partial charge in [-0.1, -0.05) is 23.7 Å². The van der Waals surface area contributed by atoms with Gasteiger partial charge < -0.3 is 10.4 Å². The minimum Gasteiger partial charge on any atom is -0.480 e. The Labute approximate surface area is 110 Å². The first-order chi connectivity index (χ1) is 8.41. The highest BCUT2D eigenvalue weighted by Gasteiger charge is 2.19. The van der Waals surface area contributed by atoms with E-state index in [1.54, 1.807) is 31.3 Å². The summed E-state index contributed by atoms with van der Waals surface area (Å²) in [7, 11) is 1.57. The molecular weight excluding hydrogens is 256 g/mol. The van der Waals surface area contributed by atoms with Crippen LogP contribution in [0.4, 0.5) is 5.69 Å². The Hall–Kier alpha value is -1.59. The zero-order valence-corrected chi connectivity index (χ0v) is 10.9. The van der Waals surface area contributed by atoms with Gasteiger partial charge in [-0.25, -0.2) is 0 Å². The van der Waals surface area contributed by atoms with Gasteiger partial charge in [0.05, 0.1) is 17.3 Å². The van der Waals surface area contributed by atoms with Gasteiger partial charge >= 0.3 is 5.97 Å². The highest BCUT2D eigenvalue weighted by atomic mass is 35.5. The maximum absolute atomic E-state index is 11.7. The van der Waals surface area contributed by atoms with E-state index >= 15 is 0 Å². The Balaban J connectivity index is 2.57. The Bertz CT molecular complexity index is 451. The highest BCUT2D eigenvalue weighted by molar-refractivity contribution is 6.33. The fraction of sp³-hybridized carbons (Fsp3) is 0.333. The van der Waals surface area contributed by atoms with E-state index in [9.17, 15) is 9.59 Å². The third-order valence-electron chi connectivity index (χ3n) is 2.56. The summed E-state index contributed by atoms with van der Waals surface area (Å²) in [5.74, 6) is -1.28. The van der Waals surface area contributed by atoms with Crippen LogP contribution in [0.15, 0.2) is 24.3 Å². The average Bonchev–Trinajstić information content (AvgIpc) is 2.30. The topological polar surface area (TPSA) is 69.6 Å². The summed E-state index contributed by atoms with van der Waals surface area (Å²) in [6, 6.07) is 6.14. The van der Waals surface area contributed by atoms with E-state index < -0.39 is 12.0 Å². The van der Waals surface area contributed by atoms with Crippen LogP contribution in [0.25, 0.3) is 0 Å². The summed E-state index contributed by atoms with van der Waals surface area (Å²) in [5, 5.41) is 11.9. The maximum atomic E-state index is 11.7. The van der Waals surface area contributed by atoms with Gasteiger partial charge in [-0.05, 0) is 26.1 Å². The first-order valence-corrected chi connectivity index (χ1v) is 5.77. The Morgan fingerprint density at radius 2 is 2.06 bits per heavy atom. The zero-order chi connectivity index (χ0) is 13.7. The number of aliphatic carboxylic acids is 1. The van der Waals surface area contributed by atoms with Crippen LogP contribution in [0.5, 0.6) is 0 Å². The predicted octanol–water partition coefficient (Wildman–Crippen LogP) is 1.68. The minimum absolute atomic E-state index is 0.0152. The summed E-state index contributed by atoms with van der Waals surface area (Å²) in [4.78, 5) is 23.9. The average molecular weight is 271 g/mol. The van der Waals surface area contributed by atoms with E-state index in [1.807, 2.05) is 0 Å². The quantitative estimate of drug-likeness (QED) is 0.854. The summed E-state index contributed by atoms with van der Waals surface area (Å²) < 4.78 is 0. The fourth-order valence-corrected chi connectivity index (χ4v) is 1.49. The molecule has 18 heavy (non-hydrogen) atoms. The molecule has 1 unspecified atom stereocenters. The number of nitrogens with zero attached hydrogens (tertiary/aromatic N) is 1. The molecule has 0 aromatic heterocycles. The molecule has 5 nitrogen and oxygen atoms in total. The van der Waals surface area contributed by atoms with Crippen LogP contribution in [0.1, 0.15) is 6.92 Å². The number of carboxylic acids is 1. The van der Waals surface area contributed by atoms with Gasteiger partial charge in [0, 0.05) is 0 Å². The molecule has 0 bridgehead atoms. The van der Waals surface area contributed by atoms with Crippen LogP contribution in [0.2, 0.25) is 5.02 Å². The lowest BCUT2D eigenvalue weighted by Gasteiger charge is -2.20. The number of hydrogen-bond donors (Lipinski definition) is 2. The molecule has 6 heteroatoms. The first-order valence-electron chi connectivity index (χ1n) is 5.39. The smallest absolute Gasteiger partial charge is 0.320 e. The summed E-state index contributed by atoms with van der Waals surface area (Å²) in [6.45, 7) is 1.50. The first kappa shape index (κ1) is 14.5. The lowest BCUT2D eigenvalue weighted by Crippen LogP contribution is -2.40. The largest absolute Gasteiger partial charge is 0.480 e. The van der Waals surface area contributed by atoms with Crippen LogP contribution < -0.4 is 5.32 Å². The Kier molecular flexibility index (Phi) is 5.12. The number of rotatable bonds is 5. The van der Waals surface area contributed by atoms with E-state index in [2.05, 4.69) is 5.32 Å². The number of benzene rings is 1. The second kappa shape index (κ2) is 6.37. The molecule has 2 N–H and O–H groups in total. The van der Waals surface area contributed by atoms with E-state index in [-0.39, 0.29) is 12.5 Å². The third-order valence-corrected chi connectivity index (χ3v) is 2.89. The van der Waals surface area contributed by atoms with Crippen molar-refractivity contribution in [2.75, 3.05) is 18.9 Å². The molecule has 1 amide bonds. The van der Waals surface area contributed by atoms with E-state index in [0.29, 0.717) is 10.7 Å². The molecule has 0 aliphatic heterocycles. The maximum Gasteiger partial charge on any atom is 0.320 e. The van der Waals surface area contributed by atoms with E-state index in [0.717, 1.165) is 0 Å². The predicted molar refractivity (Wildman–Crippen MR) is 69.8 cm³/mol. The standard InChI is InChI=1S/C12H15ClN2O3/c1-8(12(17)18)15(2)7-11(16)14-10-6-4-3-5-9(10)13/h3-6,8H,7H2,1-2H3,(H,14,16)(H,17,18). The van der Waals surface area contributed by atoms with Gasteiger partial charge in [0.2, 0.25) is 5.91 Å². The molecule has 0 fully saturated rings. The monoisotopic (exact) mass is 270 g/mol. The van der Waals surface area contributed by atoms with Crippen molar-refractivity contribution in [1.29, 1.82) is 0 Å². The summed E-state index contributed by atoms with van der Waals surface area (Å²) >= 11 is 5.90. The number of hydrogen-bond acceptors (Lipinski definition) is 3. The van der Waals surface area contributed by atoms with E-state index in [1.165, 1.54) is 11.8 Å². The van der Waals surface area contributed by atoms with Crippen LogP contribution in [0.3, 0.4) is 0 Å². The van der Waals surface area contributed by atoms with Crippen molar-refractivity contribution in [2.24, 2.45) is 0 Å². The number of halogens is 1. The van der Waals surface area contributed by atoms with E-state index in [4.69, 9.17) is 16.7 Å². The number of para-hydroxylation sites is 1. The van der Waals surface area contributed by atoms with Crippen molar-refractivity contribution in [3.63, 3.8) is 0 Å². The molecule has 0 aliphatic carbocycles. The number of nitrogens with one attached hydrogen (secondary N) is 1. The van der Waals surface area contributed by atoms with Gasteiger partial charge in [-0.3, -0.25) is 14.5 Å². The zero-order valence-electron chi connectivity index (χ0n) is 10.2.